The average molecular weight is 210 g/mol. The lowest BCUT2D eigenvalue weighted by Crippen LogP contribution is -2.08. The van der Waals surface area contributed by atoms with Crippen LogP contribution < -0.4 is 0 Å². The molecule has 1 aliphatic carbocycles. The molecule has 1 aliphatic rings. The van der Waals surface area contributed by atoms with Crippen LogP contribution in [0.2, 0.25) is 0 Å². The number of aliphatic hydroxyl groups is 2. The summed E-state index contributed by atoms with van der Waals surface area (Å²) in [6.07, 6.45) is 4.15. The lowest BCUT2D eigenvalue weighted by Gasteiger charge is -2.05. The highest BCUT2D eigenvalue weighted by Crippen LogP contribution is 2.34. The molecule has 1 unspecified atom stereocenters. The van der Waals surface area contributed by atoms with E-state index in [9.17, 15) is 5.11 Å². The highest BCUT2D eigenvalue weighted by molar-refractivity contribution is 5.17. The molecule has 1 atom stereocenters. The molecule has 1 aromatic rings. The molecule has 0 aromatic carbocycles. The maximum absolute atomic E-state index is 9.56. The van der Waals surface area contributed by atoms with Crippen LogP contribution in [0, 0.1) is 0 Å². The van der Waals surface area contributed by atoms with Gasteiger partial charge in [-0.3, -0.25) is 4.68 Å². The van der Waals surface area contributed by atoms with E-state index in [2.05, 4.69) is 5.10 Å². The Kier molecular flexibility index (Phi) is 3.07. The maximum Gasteiger partial charge on any atom is 0.119 e. The quantitative estimate of drug-likeness (QED) is 0.785. The summed E-state index contributed by atoms with van der Waals surface area (Å²) in [5.41, 5.74) is 1.77. The molecular weight excluding hydrogens is 192 g/mol. The summed E-state index contributed by atoms with van der Waals surface area (Å²) in [6, 6.07) is 1.93. The highest BCUT2D eigenvalue weighted by atomic mass is 16.3. The number of hydrogen-bond acceptors (Lipinski definition) is 3. The third-order valence-electron chi connectivity index (χ3n) is 3.22. The van der Waals surface area contributed by atoms with E-state index in [1.165, 1.54) is 25.7 Å². The van der Waals surface area contributed by atoms with E-state index in [1.807, 2.05) is 13.1 Å². The second kappa shape index (κ2) is 4.33. The fourth-order valence-electron chi connectivity index (χ4n) is 2.33. The molecule has 15 heavy (non-hydrogen) atoms. The molecule has 4 heteroatoms. The van der Waals surface area contributed by atoms with Gasteiger partial charge in [0.1, 0.15) is 6.10 Å². The summed E-state index contributed by atoms with van der Waals surface area (Å²) in [6.45, 7) is -0.246. The number of rotatable bonds is 3. The van der Waals surface area contributed by atoms with Gasteiger partial charge < -0.3 is 10.2 Å². The predicted molar refractivity (Wildman–Crippen MR) is 56.5 cm³/mol. The van der Waals surface area contributed by atoms with Crippen LogP contribution in [0.15, 0.2) is 6.07 Å². The third kappa shape index (κ3) is 2.06. The highest BCUT2D eigenvalue weighted by Gasteiger charge is 2.22. The largest absolute Gasteiger partial charge is 0.393 e. The SMILES string of the molecule is Cn1nc(C2CCCC2)cc1C(O)CO. The standard InChI is InChI=1S/C11H18N2O2/c1-13-10(11(15)7-14)6-9(12-13)8-4-2-3-5-8/h6,8,11,14-15H,2-5,7H2,1H3. The van der Waals surface area contributed by atoms with Gasteiger partial charge in [-0.25, -0.2) is 0 Å². The van der Waals surface area contributed by atoms with Crippen LogP contribution in [0.4, 0.5) is 0 Å². The van der Waals surface area contributed by atoms with Gasteiger partial charge in [-0.05, 0) is 18.9 Å². The molecule has 1 heterocycles. The van der Waals surface area contributed by atoms with Gasteiger partial charge in [0.15, 0.2) is 0 Å². The first-order valence-corrected chi connectivity index (χ1v) is 5.55. The van der Waals surface area contributed by atoms with Gasteiger partial charge in [0, 0.05) is 13.0 Å². The lowest BCUT2D eigenvalue weighted by atomic mass is 10.0. The molecule has 0 spiro atoms. The van der Waals surface area contributed by atoms with Crippen LogP contribution >= 0.6 is 0 Å². The number of aliphatic hydroxyl groups excluding tert-OH is 2. The molecule has 2 rings (SSSR count). The van der Waals surface area contributed by atoms with E-state index in [1.54, 1.807) is 4.68 Å². The number of hydrogen-bond donors (Lipinski definition) is 2. The summed E-state index contributed by atoms with van der Waals surface area (Å²) >= 11 is 0. The van der Waals surface area contributed by atoms with Crippen LogP contribution in [-0.2, 0) is 7.05 Å². The fraction of sp³-hybridized carbons (Fsp3) is 0.727. The molecule has 0 radical (unpaired) electrons. The molecule has 84 valence electrons. The van der Waals surface area contributed by atoms with Crippen LogP contribution in [0.3, 0.4) is 0 Å². The summed E-state index contributed by atoms with van der Waals surface area (Å²) in [5.74, 6) is 0.552. The third-order valence-corrected chi connectivity index (χ3v) is 3.22. The Hall–Kier alpha value is -0.870. The number of aromatic nitrogens is 2. The molecule has 1 fully saturated rings. The first kappa shape index (κ1) is 10.6. The fourth-order valence-corrected chi connectivity index (χ4v) is 2.33. The van der Waals surface area contributed by atoms with Crippen molar-refractivity contribution < 1.29 is 10.2 Å². The zero-order valence-corrected chi connectivity index (χ0v) is 9.06. The molecular formula is C11H18N2O2. The van der Waals surface area contributed by atoms with Crippen molar-refractivity contribution in [3.05, 3.63) is 17.5 Å². The van der Waals surface area contributed by atoms with Gasteiger partial charge in [-0.1, -0.05) is 12.8 Å². The summed E-state index contributed by atoms with van der Waals surface area (Å²) in [5, 5.41) is 22.9. The van der Waals surface area contributed by atoms with Gasteiger partial charge in [0.05, 0.1) is 18.0 Å². The summed E-state index contributed by atoms with van der Waals surface area (Å²) < 4.78 is 1.68. The average Bonchev–Trinajstić information content (AvgIpc) is 2.84. The number of aryl methyl sites for hydroxylation is 1. The molecule has 4 nitrogen and oxygen atoms in total. The zero-order chi connectivity index (χ0) is 10.8. The van der Waals surface area contributed by atoms with Gasteiger partial charge in [0.2, 0.25) is 0 Å². The van der Waals surface area contributed by atoms with Gasteiger partial charge in [-0.15, -0.1) is 0 Å². The maximum atomic E-state index is 9.56. The Balaban J connectivity index is 2.20. The molecule has 1 saturated carbocycles. The molecule has 0 amide bonds. The zero-order valence-electron chi connectivity index (χ0n) is 9.06. The van der Waals surface area contributed by atoms with Crippen molar-refractivity contribution in [2.75, 3.05) is 6.61 Å². The molecule has 0 bridgehead atoms. The second-order valence-corrected chi connectivity index (χ2v) is 4.30. The van der Waals surface area contributed by atoms with Crippen molar-refractivity contribution in [1.82, 2.24) is 9.78 Å². The van der Waals surface area contributed by atoms with E-state index in [0.717, 1.165) is 5.69 Å². The second-order valence-electron chi connectivity index (χ2n) is 4.30. The van der Waals surface area contributed by atoms with E-state index in [4.69, 9.17) is 5.11 Å². The van der Waals surface area contributed by atoms with Crippen molar-refractivity contribution in [3.63, 3.8) is 0 Å². The van der Waals surface area contributed by atoms with Gasteiger partial charge in [-0.2, -0.15) is 5.10 Å². The number of nitrogens with zero attached hydrogens (tertiary/aromatic N) is 2. The van der Waals surface area contributed by atoms with Crippen LogP contribution in [-0.4, -0.2) is 26.6 Å². The minimum absolute atomic E-state index is 0.246. The van der Waals surface area contributed by atoms with Crippen LogP contribution in [0.5, 0.6) is 0 Å². The van der Waals surface area contributed by atoms with E-state index >= 15 is 0 Å². The van der Waals surface area contributed by atoms with Gasteiger partial charge >= 0.3 is 0 Å². The lowest BCUT2D eigenvalue weighted by molar-refractivity contribution is 0.0891. The topological polar surface area (TPSA) is 58.3 Å². The molecule has 0 aliphatic heterocycles. The Morgan fingerprint density at radius 2 is 2.20 bits per heavy atom. The first-order valence-electron chi connectivity index (χ1n) is 5.55. The van der Waals surface area contributed by atoms with Crippen LogP contribution in [0.25, 0.3) is 0 Å². The molecule has 0 saturated heterocycles. The Labute approximate surface area is 89.5 Å². The normalized spacial score (nSPS) is 19.7. The molecule has 1 aromatic heterocycles. The Bertz CT molecular complexity index is 329. The van der Waals surface area contributed by atoms with E-state index in [-0.39, 0.29) is 6.61 Å². The summed E-state index contributed by atoms with van der Waals surface area (Å²) in [4.78, 5) is 0. The smallest absolute Gasteiger partial charge is 0.119 e. The Morgan fingerprint density at radius 1 is 1.53 bits per heavy atom. The van der Waals surface area contributed by atoms with Crippen molar-refractivity contribution in [2.45, 2.75) is 37.7 Å². The van der Waals surface area contributed by atoms with Gasteiger partial charge in [0.25, 0.3) is 0 Å². The first-order chi connectivity index (χ1) is 7.22. The predicted octanol–water partition coefficient (Wildman–Crippen LogP) is 1.10. The minimum atomic E-state index is -0.808. The van der Waals surface area contributed by atoms with Crippen LogP contribution in [0.1, 0.15) is 49.1 Å². The minimum Gasteiger partial charge on any atom is -0.393 e. The monoisotopic (exact) mass is 210 g/mol. The van der Waals surface area contributed by atoms with Crippen molar-refractivity contribution in [1.29, 1.82) is 0 Å². The van der Waals surface area contributed by atoms with Crippen molar-refractivity contribution in [3.8, 4) is 0 Å². The van der Waals surface area contributed by atoms with Crippen molar-refractivity contribution in [2.24, 2.45) is 7.05 Å². The molecule has 2 N–H and O–H groups in total. The summed E-state index contributed by atoms with van der Waals surface area (Å²) in [7, 11) is 1.81. The Morgan fingerprint density at radius 3 is 2.80 bits per heavy atom. The van der Waals surface area contributed by atoms with Crippen molar-refractivity contribution >= 4 is 0 Å². The van der Waals surface area contributed by atoms with E-state index in [0.29, 0.717) is 11.6 Å². The van der Waals surface area contributed by atoms with E-state index < -0.39 is 6.10 Å².